The molecule has 0 aliphatic heterocycles. The van der Waals surface area contributed by atoms with Gasteiger partial charge in [-0.2, -0.15) is 5.10 Å². The molecule has 19 heavy (non-hydrogen) atoms. The van der Waals surface area contributed by atoms with E-state index in [0.29, 0.717) is 0 Å². The molecule has 2 aromatic rings. The van der Waals surface area contributed by atoms with Crippen molar-refractivity contribution in [1.29, 1.82) is 0 Å². The maximum atomic E-state index is 5.81. The fourth-order valence-corrected chi connectivity index (χ4v) is 2.19. The van der Waals surface area contributed by atoms with Crippen molar-refractivity contribution < 1.29 is 0 Å². The Morgan fingerprint density at radius 3 is 2.58 bits per heavy atom. The van der Waals surface area contributed by atoms with E-state index in [1.807, 2.05) is 24.6 Å². The van der Waals surface area contributed by atoms with Crippen molar-refractivity contribution in [1.82, 2.24) is 19.7 Å². The number of aryl methyl sites for hydroxylation is 4. The lowest BCUT2D eigenvalue weighted by Gasteiger charge is -2.07. The Bertz CT molecular complexity index is 544. The molecule has 0 saturated heterocycles. The number of hydrogen-bond acceptors (Lipinski definition) is 4. The molecule has 0 aliphatic rings. The van der Waals surface area contributed by atoms with Crippen molar-refractivity contribution in [2.75, 3.05) is 11.9 Å². The predicted molar refractivity (Wildman–Crippen MR) is 76.6 cm³/mol. The third kappa shape index (κ3) is 3.92. The molecule has 2 rings (SSSR count). The number of nitrogens with zero attached hydrogens (tertiary/aromatic N) is 4. The maximum Gasteiger partial charge on any atom is 0.224 e. The van der Waals surface area contributed by atoms with Crippen LogP contribution in [0.25, 0.3) is 0 Å². The van der Waals surface area contributed by atoms with E-state index in [1.165, 1.54) is 5.69 Å². The summed E-state index contributed by atoms with van der Waals surface area (Å²) in [7, 11) is 0. The van der Waals surface area contributed by atoms with E-state index in [0.717, 1.165) is 36.7 Å². The van der Waals surface area contributed by atoms with Gasteiger partial charge in [0.1, 0.15) is 5.82 Å². The lowest BCUT2D eigenvalue weighted by atomic mass is 10.3. The molecule has 0 atom stereocenters. The number of halogens is 1. The molecule has 0 spiro atoms. The van der Waals surface area contributed by atoms with E-state index in [4.69, 9.17) is 11.6 Å². The van der Waals surface area contributed by atoms with Crippen LogP contribution in [-0.4, -0.2) is 26.3 Å². The van der Waals surface area contributed by atoms with Crippen LogP contribution in [0.5, 0.6) is 0 Å². The fraction of sp³-hybridized carbons (Fsp3) is 0.462. The Morgan fingerprint density at radius 1 is 1.16 bits per heavy atom. The normalized spacial score (nSPS) is 10.7. The SMILES string of the molecule is Cc1cc(NCCCn2nc(C)cc2C)nc(Cl)n1. The number of hydrogen-bond donors (Lipinski definition) is 1. The molecular weight excluding hydrogens is 262 g/mol. The van der Waals surface area contributed by atoms with Gasteiger partial charge in [-0.3, -0.25) is 4.68 Å². The third-order valence-electron chi connectivity index (χ3n) is 2.78. The van der Waals surface area contributed by atoms with Crippen LogP contribution in [0.4, 0.5) is 5.82 Å². The van der Waals surface area contributed by atoms with E-state index in [1.54, 1.807) is 0 Å². The van der Waals surface area contributed by atoms with E-state index < -0.39 is 0 Å². The Balaban J connectivity index is 1.82. The van der Waals surface area contributed by atoms with Gasteiger partial charge in [0, 0.05) is 30.5 Å². The van der Waals surface area contributed by atoms with Crippen molar-refractivity contribution in [2.24, 2.45) is 0 Å². The third-order valence-corrected chi connectivity index (χ3v) is 2.95. The second-order valence-electron chi connectivity index (χ2n) is 4.59. The van der Waals surface area contributed by atoms with Crippen molar-refractivity contribution in [3.63, 3.8) is 0 Å². The molecule has 0 aromatic carbocycles. The molecule has 2 heterocycles. The summed E-state index contributed by atoms with van der Waals surface area (Å²) >= 11 is 5.81. The fourth-order valence-electron chi connectivity index (χ4n) is 1.97. The van der Waals surface area contributed by atoms with Gasteiger partial charge < -0.3 is 5.32 Å². The Labute approximate surface area is 118 Å². The maximum absolute atomic E-state index is 5.81. The summed E-state index contributed by atoms with van der Waals surface area (Å²) in [4.78, 5) is 8.15. The summed E-state index contributed by atoms with van der Waals surface area (Å²) in [5.74, 6) is 0.769. The smallest absolute Gasteiger partial charge is 0.224 e. The zero-order chi connectivity index (χ0) is 13.8. The van der Waals surface area contributed by atoms with Gasteiger partial charge in [0.05, 0.1) is 5.69 Å². The predicted octanol–water partition coefficient (Wildman–Crippen LogP) is 2.75. The zero-order valence-electron chi connectivity index (χ0n) is 11.4. The summed E-state index contributed by atoms with van der Waals surface area (Å²) in [5.41, 5.74) is 3.11. The van der Waals surface area contributed by atoms with Gasteiger partial charge >= 0.3 is 0 Å². The van der Waals surface area contributed by atoms with Gasteiger partial charge in [-0.05, 0) is 44.9 Å². The van der Waals surface area contributed by atoms with E-state index in [9.17, 15) is 0 Å². The van der Waals surface area contributed by atoms with E-state index in [-0.39, 0.29) is 5.28 Å². The minimum atomic E-state index is 0.279. The minimum absolute atomic E-state index is 0.279. The minimum Gasteiger partial charge on any atom is -0.370 e. The van der Waals surface area contributed by atoms with Gasteiger partial charge in [-0.1, -0.05) is 0 Å². The number of rotatable bonds is 5. The van der Waals surface area contributed by atoms with Gasteiger partial charge in [-0.15, -0.1) is 0 Å². The second kappa shape index (κ2) is 6.02. The topological polar surface area (TPSA) is 55.6 Å². The molecule has 0 aliphatic carbocycles. The molecule has 1 N–H and O–H groups in total. The molecule has 0 unspecified atom stereocenters. The van der Waals surface area contributed by atoms with Crippen molar-refractivity contribution in [3.8, 4) is 0 Å². The quantitative estimate of drug-likeness (QED) is 0.675. The van der Waals surface area contributed by atoms with Crippen LogP contribution in [0, 0.1) is 20.8 Å². The largest absolute Gasteiger partial charge is 0.370 e. The molecule has 0 amide bonds. The molecule has 5 nitrogen and oxygen atoms in total. The molecule has 0 radical (unpaired) electrons. The monoisotopic (exact) mass is 279 g/mol. The molecule has 6 heteroatoms. The second-order valence-corrected chi connectivity index (χ2v) is 4.93. The summed E-state index contributed by atoms with van der Waals surface area (Å²) in [5, 5.41) is 7.95. The van der Waals surface area contributed by atoms with E-state index in [2.05, 4.69) is 33.4 Å². The van der Waals surface area contributed by atoms with Crippen molar-refractivity contribution in [3.05, 3.63) is 34.5 Å². The Hall–Kier alpha value is -1.62. The first-order valence-electron chi connectivity index (χ1n) is 6.31. The van der Waals surface area contributed by atoms with E-state index >= 15 is 0 Å². The molecule has 102 valence electrons. The molecule has 0 saturated carbocycles. The Morgan fingerprint density at radius 2 is 1.95 bits per heavy atom. The standard InChI is InChI=1S/C13H18ClN5/c1-9-8-12(17-13(14)16-9)15-5-4-6-19-11(3)7-10(2)18-19/h7-8H,4-6H2,1-3H3,(H,15,16,17). The Kier molecular flexibility index (Phi) is 4.37. The first-order valence-corrected chi connectivity index (χ1v) is 6.68. The van der Waals surface area contributed by atoms with Crippen LogP contribution < -0.4 is 5.32 Å². The highest BCUT2D eigenvalue weighted by molar-refractivity contribution is 6.28. The highest BCUT2D eigenvalue weighted by atomic mass is 35.5. The van der Waals surface area contributed by atoms with Crippen molar-refractivity contribution >= 4 is 17.4 Å². The molecule has 0 bridgehead atoms. The number of aromatic nitrogens is 4. The molecule has 2 aromatic heterocycles. The summed E-state index contributed by atoms with van der Waals surface area (Å²) < 4.78 is 2.02. The summed E-state index contributed by atoms with van der Waals surface area (Å²) in [6, 6.07) is 3.97. The van der Waals surface area contributed by atoms with Crippen LogP contribution in [0.3, 0.4) is 0 Å². The van der Waals surface area contributed by atoms with Crippen LogP contribution in [0.2, 0.25) is 5.28 Å². The highest BCUT2D eigenvalue weighted by Gasteiger charge is 2.01. The van der Waals surface area contributed by atoms with Crippen LogP contribution in [-0.2, 0) is 6.54 Å². The number of anilines is 1. The van der Waals surface area contributed by atoms with Crippen molar-refractivity contribution in [2.45, 2.75) is 33.7 Å². The first-order chi connectivity index (χ1) is 9.04. The zero-order valence-corrected chi connectivity index (χ0v) is 12.2. The summed E-state index contributed by atoms with van der Waals surface area (Å²) in [6.07, 6.45) is 0.975. The highest BCUT2D eigenvalue weighted by Crippen LogP contribution is 2.09. The van der Waals surface area contributed by atoms with Gasteiger partial charge in [0.15, 0.2) is 0 Å². The lowest BCUT2D eigenvalue weighted by Crippen LogP contribution is -2.10. The van der Waals surface area contributed by atoms with Crippen LogP contribution in [0.1, 0.15) is 23.5 Å². The average molecular weight is 280 g/mol. The van der Waals surface area contributed by atoms with Gasteiger partial charge in [-0.25, -0.2) is 9.97 Å². The number of nitrogens with one attached hydrogen (secondary N) is 1. The lowest BCUT2D eigenvalue weighted by molar-refractivity contribution is 0.573. The van der Waals surface area contributed by atoms with Crippen LogP contribution >= 0.6 is 11.6 Å². The first kappa shape index (κ1) is 13.8. The van der Waals surface area contributed by atoms with Gasteiger partial charge in [0.25, 0.3) is 0 Å². The van der Waals surface area contributed by atoms with Gasteiger partial charge in [0.2, 0.25) is 5.28 Å². The molecule has 0 fully saturated rings. The average Bonchev–Trinajstić information content (AvgIpc) is 2.62. The molecular formula is C13H18ClN5. The van der Waals surface area contributed by atoms with Crippen LogP contribution in [0.15, 0.2) is 12.1 Å². The summed E-state index contributed by atoms with van der Waals surface area (Å²) in [6.45, 7) is 7.69.